The molecule has 2 aromatic carbocycles. The Labute approximate surface area is 166 Å². The molecule has 150 valence electrons. The first kappa shape index (κ1) is 20.2. The summed E-state index contributed by atoms with van der Waals surface area (Å²) in [5, 5.41) is 6.41. The Kier molecular flexibility index (Phi) is 6.90. The highest BCUT2D eigenvalue weighted by atomic mass is 16.5. The summed E-state index contributed by atoms with van der Waals surface area (Å²) in [5.74, 6) is 1.22. The van der Waals surface area contributed by atoms with Crippen LogP contribution in [0.5, 0.6) is 11.5 Å². The van der Waals surface area contributed by atoms with Gasteiger partial charge in [-0.05, 0) is 29.7 Å². The van der Waals surface area contributed by atoms with Gasteiger partial charge in [-0.25, -0.2) is 0 Å². The van der Waals surface area contributed by atoms with Crippen molar-refractivity contribution < 1.29 is 14.3 Å². The van der Waals surface area contributed by atoms with Crippen molar-refractivity contribution in [1.82, 2.24) is 10.2 Å². The molecule has 1 fully saturated rings. The van der Waals surface area contributed by atoms with Gasteiger partial charge < -0.3 is 20.1 Å². The minimum atomic E-state index is -0.0661. The number of ether oxygens (including phenoxy) is 2. The Morgan fingerprint density at radius 2 is 1.96 bits per heavy atom. The highest BCUT2D eigenvalue weighted by Gasteiger charge is 2.25. The number of piperazine rings is 1. The molecule has 0 aliphatic carbocycles. The van der Waals surface area contributed by atoms with Crippen molar-refractivity contribution in [3.05, 3.63) is 53.6 Å². The number of carbonyl (C=O) groups is 1. The Morgan fingerprint density at radius 1 is 1.18 bits per heavy atom. The molecule has 1 unspecified atom stereocenters. The summed E-state index contributed by atoms with van der Waals surface area (Å²) in [5.41, 5.74) is 3.17. The molecular weight excluding hydrogens is 354 g/mol. The van der Waals surface area contributed by atoms with Crippen molar-refractivity contribution in [3.63, 3.8) is 0 Å². The lowest BCUT2D eigenvalue weighted by Crippen LogP contribution is -2.48. The molecule has 6 nitrogen and oxygen atoms in total. The molecule has 28 heavy (non-hydrogen) atoms. The van der Waals surface area contributed by atoms with Gasteiger partial charge in [-0.15, -0.1) is 0 Å². The lowest BCUT2D eigenvalue weighted by molar-refractivity contribution is -0.118. The lowest BCUT2D eigenvalue weighted by atomic mass is 10.0. The number of nitrogens with one attached hydrogen (secondary N) is 2. The molecule has 1 atom stereocenters. The zero-order valence-electron chi connectivity index (χ0n) is 16.8. The minimum Gasteiger partial charge on any atom is -0.497 e. The molecule has 2 aromatic rings. The zero-order valence-corrected chi connectivity index (χ0v) is 16.8. The average Bonchev–Trinajstić information content (AvgIpc) is 2.74. The summed E-state index contributed by atoms with van der Waals surface area (Å²) in [6.07, 6.45) is 1.03. The third kappa shape index (κ3) is 4.82. The first-order valence-corrected chi connectivity index (χ1v) is 9.70. The third-order valence-corrected chi connectivity index (χ3v) is 5.15. The van der Waals surface area contributed by atoms with Gasteiger partial charge in [-0.2, -0.15) is 0 Å². The van der Waals surface area contributed by atoms with Crippen LogP contribution in [-0.4, -0.2) is 51.2 Å². The predicted molar refractivity (Wildman–Crippen MR) is 111 cm³/mol. The molecule has 1 heterocycles. The molecule has 1 amide bonds. The zero-order chi connectivity index (χ0) is 19.9. The van der Waals surface area contributed by atoms with E-state index in [2.05, 4.69) is 46.7 Å². The lowest BCUT2D eigenvalue weighted by Gasteiger charge is -2.36. The van der Waals surface area contributed by atoms with E-state index in [0.717, 1.165) is 26.1 Å². The van der Waals surface area contributed by atoms with Crippen LogP contribution in [0.15, 0.2) is 42.5 Å². The first-order chi connectivity index (χ1) is 13.6. The smallest absolute Gasteiger partial charge is 0.238 e. The highest BCUT2D eigenvalue weighted by Crippen LogP contribution is 2.29. The maximum absolute atomic E-state index is 12.8. The fraction of sp³-hybridized carbons (Fsp3) is 0.409. The van der Waals surface area contributed by atoms with Crippen LogP contribution in [0.2, 0.25) is 0 Å². The molecule has 1 saturated heterocycles. The van der Waals surface area contributed by atoms with E-state index >= 15 is 0 Å². The maximum atomic E-state index is 12.8. The van der Waals surface area contributed by atoms with Crippen LogP contribution in [0.1, 0.15) is 24.1 Å². The molecule has 3 rings (SSSR count). The van der Waals surface area contributed by atoms with E-state index < -0.39 is 0 Å². The monoisotopic (exact) mass is 383 g/mol. The molecule has 1 aliphatic heterocycles. The number of rotatable bonds is 7. The van der Waals surface area contributed by atoms with E-state index in [-0.39, 0.29) is 11.9 Å². The van der Waals surface area contributed by atoms with Crippen molar-refractivity contribution in [2.45, 2.75) is 19.4 Å². The summed E-state index contributed by atoms with van der Waals surface area (Å²) in [6, 6.07) is 14.2. The Balaban J connectivity index is 1.70. The number of nitrogens with zero attached hydrogens (tertiary/aromatic N) is 1. The van der Waals surface area contributed by atoms with Crippen molar-refractivity contribution in [2.24, 2.45) is 0 Å². The molecular formula is C22H29N3O3. The van der Waals surface area contributed by atoms with Gasteiger partial charge >= 0.3 is 0 Å². The number of anilines is 1. The van der Waals surface area contributed by atoms with E-state index in [1.54, 1.807) is 32.4 Å². The second-order valence-corrected chi connectivity index (χ2v) is 6.90. The average molecular weight is 383 g/mol. The van der Waals surface area contributed by atoms with Gasteiger partial charge in [-0.1, -0.05) is 31.2 Å². The van der Waals surface area contributed by atoms with Crippen LogP contribution in [0.25, 0.3) is 0 Å². The Bertz CT molecular complexity index is 792. The summed E-state index contributed by atoms with van der Waals surface area (Å²) in [6.45, 7) is 5.01. The molecule has 0 aromatic heterocycles. The number of hydrogen-bond acceptors (Lipinski definition) is 5. The topological polar surface area (TPSA) is 62.8 Å². The van der Waals surface area contributed by atoms with Gasteiger partial charge in [0.1, 0.15) is 11.5 Å². The van der Waals surface area contributed by atoms with E-state index in [1.807, 2.05) is 0 Å². The maximum Gasteiger partial charge on any atom is 0.238 e. The largest absolute Gasteiger partial charge is 0.497 e. The summed E-state index contributed by atoms with van der Waals surface area (Å²) in [7, 11) is 3.19. The van der Waals surface area contributed by atoms with Gasteiger partial charge in [0, 0.05) is 31.7 Å². The van der Waals surface area contributed by atoms with Gasteiger partial charge in [0.05, 0.1) is 26.5 Å². The Morgan fingerprint density at radius 3 is 2.64 bits per heavy atom. The summed E-state index contributed by atoms with van der Waals surface area (Å²) < 4.78 is 10.6. The predicted octanol–water partition coefficient (Wildman–Crippen LogP) is 2.85. The molecule has 0 spiro atoms. The number of aryl methyl sites for hydroxylation is 1. The quantitative estimate of drug-likeness (QED) is 0.770. The molecule has 6 heteroatoms. The molecule has 2 N–H and O–H groups in total. The van der Waals surface area contributed by atoms with E-state index in [4.69, 9.17) is 9.47 Å². The van der Waals surface area contributed by atoms with E-state index in [1.165, 1.54) is 11.1 Å². The van der Waals surface area contributed by atoms with Crippen LogP contribution in [-0.2, 0) is 11.2 Å². The number of methoxy groups -OCH3 is 2. The number of carbonyl (C=O) groups excluding carboxylic acids is 1. The normalized spacial score (nSPS) is 17.2. The number of benzene rings is 2. The van der Waals surface area contributed by atoms with Crippen LogP contribution in [0, 0.1) is 0 Å². The van der Waals surface area contributed by atoms with E-state index in [9.17, 15) is 4.79 Å². The van der Waals surface area contributed by atoms with Crippen LogP contribution < -0.4 is 20.1 Å². The molecule has 0 bridgehead atoms. The molecule has 0 radical (unpaired) electrons. The van der Waals surface area contributed by atoms with Crippen molar-refractivity contribution in [3.8, 4) is 11.5 Å². The van der Waals surface area contributed by atoms with Crippen LogP contribution >= 0.6 is 0 Å². The van der Waals surface area contributed by atoms with Gasteiger partial charge in [0.2, 0.25) is 5.91 Å². The third-order valence-electron chi connectivity index (χ3n) is 5.15. The second-order valence-electron chi connectivity index (χ2n) is 6.90. The van der Waals surface area contributed by atoms with Crippen LogP contribution in [0.4, 0.5) is 5.69 Å². The summed E-state index contributed by atoms with van der Waals surface area (Å²) >= 11 is 0. The van der Waals surface area contributed by atoms with Crippen LogP contribution in [0.3, 0.4) is 0 Å². The van der Waals surface area contributed by atoms with Crippen molar-refractivity contribution >= 4 is 11.6 Å². The fourth-order valence-electron chi connectivity index (χ4n) is 3.53. The minimum absolute atomic E-state index is 0.0661. The standard InChI is InChI=1S/C22H29N3O3/c1-4-16-5-7-17(8-6-16)20-14-23-11-12-25(20)15-22(26)24-19-13-18(27-2)9-10-21(19)28-3/h5-10,13,20,23H,4,11-12,14-15H2,1-3H3,(H,24,26). The van der Waals surface area contributed by atoms with E-state index in [0.29, 0.717) is 23.7 Å². The number of amides is 1. The molecule has 1 aliphatic rings. The van der Waals surface area contributed by atoms with Gasteiger partial charge in [0.25, 0.3) is 0 Å². The summed E-state index contributed by atoms with van der Waals surface area (Å²) in [4.78, 5) is 15.0. The first-order valence-electron chi connectivity index (χ1n) is 9.70. The van der Waals surface area contributed by atoms with Gasteiger partial charge in [0.15, 0.2) is 0 Å². The molecule has 0 saturated carbocycles. The van der Waals surface area contributed by atoms with Crippen molar-refractivity contribution in [1.29, 1.82) is 0 Å². The second kappa shape index (κ2) is 9.57. The fourth-order valence-corrected chi connectivity index (χ4v) is 3.53. The highest BCUT2D eigenvalue weighted by molar-refractivity contribution is 5.94. The van der Waals surface area contributed by atoms with Gasteiger partial charge in [-0.3, -0.25) is 9.69 Å². The number of hydrogen-bond donors (Lipinski definition) is 2. The Hall–Kier alpha value is -2.57. The van der Waals surface area contributed by atoms with Crippen molar-refractivity contribution in [2.75, 3.05) is 45.7 Å². The SMILES string of the molecule is CCc1ccc(C2CNCCN2CC(=O)Nc2cc(OC)ccc2OC)cc1.